The fourth-order valence-corrected chi connectivity index (χ4v) is 6.04. The molecule has 0 radical (unpaired) electrons. The van der Waals surface area contributed by atoms with Crippen LogP contribution in [-0.2, 0) is 44.9 Å². The highest BCUT2D eigenvalue weighted by Gasteiger charge is 2.38. The van der Waals surface area contributed by atoms with E-state index in [2.05, 4.69) is 4.74 Å². The van der Waals surface area contributed by atoms with E-state index in [0.29, 0.717) is 50.3 Å². The molecule has 0 fully saturated rings. The standard InChI is InChI=1S/C33H36Cl3N3O6/c1-33(2,3)45-32(42)39-26(23-12-13-24(34)27(28(23)35)29(36)40)14-10-21-9-11-22(38-30(21)39)15-16-44-18-20-7-5-19(6-8-20)17-25(37)31(41)43-4/h5-9,11-13,25-26H,10,14-18,37H2,1-4H3/t25-,26?/m0/s1. The van der Waals surface area contributed by atoms with Crippen molar-refractivity contribution in [3.05, 3.63) is 92.1 Å². The SMILES string of the molecule is COC(=O)[C@@H](N)Cc1ccc(COCCc2ccc3c(n2)N(C(=O)OC(C)(C)C)C(c2ccc(Cl)c(C(=O)Cl)c2Cl)CC3)cc1. The van der Waals surface area contributed by atoms with E-state index in [9.17, 15) is 14.4 Å². The molecule has 0 bridgehead atoms. The van der Waals surface area contributed by atoms with Crippen LogP contribution in [0.15, 0.2) is 48.5 Å². The number of benzene rings is 2. The molecule has 9 nitrogen and oxygen atoms in total. The van der Waals surface area contributed by atoms with Gasteiger partial charge in [0.05, 0.1) is 42.0 Å². The minimum absolute atomic E-state index is 0.00861. The van der Waals surface area contributed by atoms with Crippen LogP contribution in [0.2, 0.25) is 10.0 Å². The van der Waals surface area contributed by atoms with Gasteiger partial charge in [-0.3, -0.25) is 14.5 Å². The molecule has 3 aromatic rings. The molecule has 45 heavy (non-hydrogen) atoms. The zero-order valence-corrected chi connectivity index (χ0v) is 27.8. The summed E-state index contributed by atoms with van der Waals surface area (Å²) >= 11 is 18.7. The van der Waals surface area contributed by atoms with E-state index in [1.54, 1.807) is 32.9 Å². The van der Waals surface area contributed by atoms with E-state index in [1.165, 1.54) is 12.0 Å². The Balaban J connectivity index is 1.50. The number of carbonyl (C=O) groups excluding carboxylic acids is 3. The maximum atomic E-state index is 13.7. The third-order valence-electron chi connectivity index (χ3n) is 7.26. The van der Waals surface area contributed by atoms with Crippen molar-refractivity contribution in [1.82, 2.24) is 4.98 Å². The topological polar surface area (TPSA) is 121 Å². The van der Waals surface area contributed by atoms with Crippen molar-refractivity contribution in [3.8, 4) is 0 Å². The summed E-state index contributed by atoms with van der Waals surface area (Å²) < 4.78 is 16.4. The van der Waals surface area contributed by atoms with E-state index in [1.807, 2.05) is 36.4 Å². The molecular weight excluding hydrogens is 641 g/mol. The van der Waals surface area contributed by atoms with Crippen molar-refractivity contribution >= 4 is 57.9 Å². The summed E-state index contributed by atoms with van der Waals surface area (Å²) in [5.41, 5.74) is 9.10. The first-order valence-corrected chi connectivity index (χ1v) is 15.6. The zero-order chi connectivity index (χ0) is 32.9. The first-order valence-electron chi connectivity index (χ1n) is 14.5. The number of aromatic nitrogens is 1. The van der Waals surface area contributed by atoms with Crippen LogP contribution in [0, 0.1) is 0 Å². The van der Waals surface area contributed by atoms with Gasteiger partial charge in [-0.2, -0.15) is 0 Å². The molecule has 2 atom stereocenters. The lowest BCUT2D eigenvalue weighted by Crippen LogP contribution is -2.42. The van der Waals surface area contributed by atoms with Crippen molar-refractivity contribution in [1.29, 1.82) is 0 Å². The van der Waals surface area contributed by atoms with Crippen LogP contribution in [0.3, 0.4) is 0 Å². The van der Waals surface area contributed by atoms with Gasteiger partial charge in [-0.1, -0.05) is 59.6 Å². The highest BCUT2D eigenvalue weighted by molar-refractivity contribution is 6.70. The van der Waals surface area contributed by atoms with E-state index in [4.69, 9.17) is 55.0 Å². The quantitative estimate of drug-likeness (QED) is 0.139. The first kappa shape index (κ1) is 34.7. The average molecular weight is 677 g/mol. The molecule has 2 aromatic carbocycles. The lowest BCUT2D eigenvalue weighted by Gasteiger charge is -2.38. The summed E-state index contributed by atoms with van der Waals surface area (Å²) in [5, 5.41) is -0.567. The van der Waals surface area contributed by atoms with Crippen molar-refractivity contribution in [2.24, 2.45) is 5.73 Å². The molecule has 1 aliphatic heterocycles. The number of aryl methyl sites for hydroxylation is 1. The Morgan fingerprint density at radius 2 is 1.73 bits per heavy atom. The lowest BCUT2D eigenvalue weighted by molar-refractivity contribution is -0.142. The minimum Gasteiger partial charge on any atom is -0.468 e. The van der Waals surface area contributed by atoms with Crippen LogP contribution in [0.4, 0.5) is 10.6 Å². The second-order valence-electron chi connectivity index (χ2n) is 11.7. The maximum absolute atomic E-state index is 13.7. The third kappa shape index (κ3) is 8.74. The van der Waals surface area contributed by atoms with Crippen LogP contribution in [0.25, 0.3) is 0 Å². The fraction of sp³-hybridized carbons (Fsp3) is 0.394. The summed E-state index contributed by atoms with van der Waals surface area (Å²) in [5.74, 6) is 0.0113. The van der Waals surface area contributed by atoms with Crippen molar-refractivity contribution in [2.45, 2.75) is 70.7 Å². The average Bonchev–Trinajstić information content (AvgIpc) is 2.98. The van der Waals surface area contributed by atoms with Crippen molar-refractivity contribution in [3.63, 3.8) is 0 Å². The molecule has 1 aliphatic rings. The number of nitrogens with two attached hydrogens (primary N) is 1. The highest BCUT2D eigenvalue weighted by atomic mass is 35.5. The Morgan fingerprint density at radius 3 is 2.38 bits per heavy atom. The Kier molecular flexibility index (Phi) is 11.5. The Bertz CT molecular complexity index is 1560. The number of fused-ring (bicyclic) bond motifs is 1. The molecule has 0 saturated heterocycles. The third-order valence-corrected chi connectivity index (χ3v) is 8.17. The van der Waals surface area contributed by atoms with Gasteiger partial charge in [-0.05, 0) is 86.0 Å². The number of anilines is 1. The molecule has 12 heteroatoms. The second-order valence-corrected chi connectivity index (χ2v) is 12.9. The summed E-state index contributed by atoms with van der Waals surface area (Å²) in [4.78, 5) is 43.7. The van der Waals surface area contributed by atoms with Crippen molar-refractivity contribution in [2.75, 3.05) is 18.6 Å². The van der Waals surface area contributed by atoms with Gasteiger partial charge in [-0.25, -0.2) is 9.78 Å². The van der Waals surface area contributed by atoms with E-state index >= 15 is 0 Å². The number of esters is 1. The van der Waals surface area contributed by atoms with E-state index in [0.717, 1.165) is 22.4 Å². The van der Waals surface area contributed by atoms with Gasteiger partial charge < -0.3 is 19.9 Å². The van der Waals surface area contributed by atoms with Gasteiger partial charge in [-0.15, -0.1) is 0 Å². The number of amides is 1. The molecule has 1 amide bonds. The molecule has 1 aromatic heterocycles. The van der Waals surface area contributed by atoms with E-state index in [-0.39, 0.29) is 15.6 Å². The van der Waals surface area contributed by atoms with Gasteiger partial charge in [0.25, 0.3) is 5.24 Å². The predicted octanol–water partition coefficient (Wildman–Crippen LogP) is 7.00. The number of nitrogens with zero attached hydrogens (tertiary/aromatic N) is 2. The van der Waals surface area contributed by atoms with Gasteiger partial charge in [0.2, 0.25) is 0 Å². The minimum atomic E-state index is -0.786. The number of hydrogen-bond donors (Lipinski definition) is 1. The van der Waals surface area contributed by atoms with Crippen LogP contribution >= 0.6 is 34.8 Å². The Labute approximate surface area is 277 Å². The van der Waals surface area contributed by atoms with Crippen LogP contribution in [0.5, 0.6) is 0 Å². The van der Waals surface area contributed by atoms with Crippen LogP contribution in [0.1, 0.15) is 71.5 Å². The fourth-order valence-electron chi connectivity index (χ4n) is 5.08. The number of rotatable bonds is 10. The highest BCUT2D eigenvalue weighted by Crippen LogP contribution is 2.43. The molecule has 0 aliphatic carbocycles. The monoisotopic (exact) mass is 675 g/mol. The number of ether oxygens (including phenoxy) is 3. The molecular formula is C33H36Cl3N3O6. The molecule has 240 valence electrons. The van der Waals surface area contributed by atoms with Gasteiger partial charge >= 0.3 is 12.1 Å². The second kappa shape index (κ2) is 14.9. The van der Waals surface area contributed by atoms with Crippen LogP contribution < -0.4 is 10.6 Å². The number of carbonyl (C=O) groups is 3. The number of pyridine rings is 1. The molecule has 0 spiro atoms. The number of hydrogen-bond acceptors (Lipinski definition) is 8. The molecule has 2 N–H and O–H groups in total. The summed E-state index contributed by atoms with van der Waals surface area (Å²) in [6.07, 6.45) is 1.43. The zero-order valence-electron chi connectivity index (χ0n) is 25.6. The van der Waals surface area contributed by atoms with E-state index < -0.39 is 35.0 Å². The van der Waals surface area contributed by atoms with Crippen LogP contribution in [-0.4, -0.2) is 47.6 Å². The predicted molar refractivity (Wildman–Crippen MR) is 174 cm³/mol. The Morgan fingerprint density at radius 1 is 1.04 bits per heavy atom. The summed E-state index contributed by atoms with van der Waals surface area (Å²) in [7, 11) is 1.31. The lowest BCUT2D eigenvalue weighted by atomic mass is 9.92. The molecule has 2 heterocycles. The normalized spacial score (nSPS) is 15.3. The van der Waals surface area contributed by atoms with Gasteiger partial charge in [0.15, 0.2) is 0 Å². The summed E-state index contributed by atoms with van der Waals surface area (Å²) in [6.45, 7) is 6.14. The van der Waals surface area contributed by atoms with Gasteiger partial charge in [0, 0.05) is 12.1 Å². The number of halogens is 3. The molecule has 1 unspecified atom stereocenters. The molecule has 0 saturated carbocycles. The smallest absolute Gasteiger partial charge is 0.416 e. The van der Waals surface area contributed by atoms with Gasteiger partial charge in [0.1, 0.15) is 17.5 Å². The summed E-state index contributed by atoms with van der Waals surface area (Å²) in [6, 6.07) is 13.5. The largest absolute Gasteiger partial charge is 0.468 e. The Hall–Kier alpha value is -3.21. The van der Waals surface area contributed by atoms with Crippen molar-refractivity contribution < 1.29 is 28.6 Å². The first-order chi connectivity index (χ1) is 21.3. The molecule has 4 rings (SSSR count). The maximum Gasteiger partial charge on any atom is 0.416 e. The number of methoxy groups -OCH3 is 1.